The van der Waals surface area contributed by atoms with Gasteiger partial charge >= 0.3 is 0 Å². The Hall–Kier alpha value is -2.83. The van der Waals surface area contributed by atoms with Gasteiger partial charge in [-0.3, -0.25) is 4.79 Å². The number of hydrogen-bond acceptors (Lipinski definition) is 6. The molecule has 0 aliphatic carbocycles. The molecule has 2 heterocycles. The van der Waals surface area contributed by atoms with Crippen molar-refractivity contribution in [2.75, 3.05) is 37.5 Å². The van der Waals surface area contributed by atoms with Crippen LogP contribution in [-0.4, -0.2) is 43.2 Å². The minimum Gasteiger partial charge on any atom is -0.497 e. The fourth-order valence-corrected chi connectivity index (χ4v) is 3.04. The van der Waals surface area contributed by atoms with Crippen LogP contribution in [0.5, 0.6) is 11.5 Å². The Labute approximate surface area is 153 Å². The second kappa shape index (κ2) is 8.03. The van der Waals surface area contributed by atoms with E-state index in [2.05, 4.69) is 20.2 Å². The number of hydrogen-bond donors (Lipinski definition) is 1. The van der Waals surface area contributed by atoms with Crippen LogP contribution in [0.25, 0.3) is 0 Å². The summed E-state index contributed by atoms with van der Waals surface area (Å²) >= 11 is 0. The number of carbonyl (C=O) groups excluding carboxylic acids is 1. The molecule has 1 fully saturated rings. The van der Waals surface area contributed by atoms with E-state index in [0.29, 0.717) is 28.7 Å². The fraction of sp³-hybridized carbons (Fsp3) is 0.421. The molecule has 7 heteroatoms. The summed E-state index contributed by atoms with van der Waals surface area (Å²) in [7, 11) is 3.13. The van der Waals surface area contributed by atoms with E-state index in [-0.39, 0.29) is 5.91 Å². The Morgan fingerprint density at radius 3 is 2.54 bits per heavy atom. The van der Waals surface area contributed by atoms with Crippen LogP contribution in [0, 0.1) is 6.92 Å². The van der Waals surface area contributed by atoms with E-state index in [1.807, 2.05) is 0 Å². The second-order valence-corrected chi connectivity index (χ2v) is 6.23. The summed E-state index contributed by atoms with van der Waals surface area (Å²) in [5.74, 6) is 2.28. The molecular formula is C19H24N4O3. The highest BCUT2D eigenvalue weighted by Gasteiger charge is 2.18. The number of methoxy groups -OCH3 is 2. The summed E-state index contributed by atoms with van der Waals surface area (Å²) in [4.78, 5) is 23.7. The third kappa shape index (κ3) is 4.04. The van der Waals surface area contributed by atoms with Gasteiger partial charge in [-0.25, -0.2) is 9.97 Å². The highest BCUT2D eigenvalue weighted by atomic mass is 16.5. The van der Waals surface area contributed by atoms with E-state index in [4.69, 9.17) is 9.47 Å². The van der Waals surface area contributed by atoms with Gasteiger partial charge in [0, 0.05) is 25.2 Å². The Morgan fingerprint density at radius 1 is 1.08 bits per heavy atom. The average molecular weight is 356 g/mol. The zero-order valence-electron chi connectivity index (χ0n) is 15.4. The van der Waals surface area contributed by atoms with Gasteiger partial charge in [-0.1, -0.05) is 0 Å². The van der Waals surface area contributed by atoms with Crippen LogP contribution < -0.4 is 19.7 Å². The van der Waals surface area contributed by atoms with Crippen molar-refractivity contribution in [3.63, 3.8) is 0 Å². The standard InChI is InChI=1S/C19H24N4O3/c1-13-20-16(12-18(21-13)23-9-5-4-6-10-23)19(24)22-15-8-7-14(25-2)11-17(15)26-3/h7-8,11-12H,4-6,9-10H2,1-3H3,(H,22,24). The molecular weight excluding hydrogens is 332 g/mol. The van der Waals surface area contributed by atoms with Gasteiger partial charge < -0.3 is 19.7 Å². The Bertz CT molecular complexity index is 788. The largest absolute Gasteiger partial charge is 0.497 e. The van der Waals surface area contributed by atoms with E-state index < -0.39 is 0 Å². The third-order valence-corrected chi connectivity index (χ3v) is 4.39. The molecule has 1 aliphatic heterocycles. The maximum atomic E-state index is 12.7. The normalized spacial score (nSPS) is 14.0. The first-order valence-electron chi connectivity index (χ1n) is 8.74. The first kappa shape index (κ1) is 18.0. The second-order valence-electron chi connectivity index (χ2n) is 6.23. The lowest BCUT2D eigenvalue weighted by Crippen LogP contribution is -2.31. The molecule has 1 saturated heterocycles. The summed E-state index contributed by atoms with van der Waals surface area (Å²) in [5.41, 5.74) is 0.907. The number of aromatic nitrogens is 2. The number of carbonyl (C=O) groups is 1. The molecule has 0 bridgehead atoms. The van der Waals surface area contributed by atoms with Crippen molar-refractivity contribution in [2.45, 2.75) is 26.2 Å². The molecule has 0 unspecified atom stereocenters. The monoisotopic (exact) mass is 356 g/mol. The van der Waals surface area contributed by atoms with E-state index in [1.54, 1.807) is 45.4 Å². The number of nitrogens with one attached hydrogen (secondary N) is 1. The van der Waals surface area contributed by atoms with Crippen LogP contribution in [0.3, 0.4) is 0 Å². The van der Waals surface area contributed by atoms with Crippen LogP contribution in [-0.2, 0) is 0 Å². The lowest BCUT2D eigenvalue weighted by atomic mass is 10.1. The summed E-state index contributed by atoms with van der Waals surface area (Å²) in [6.07, 6.45) is 3.53. The molecule has 1 aliphatic rings. The number of rotatable bonds is 5. The molecule has 0 radical (unpaired) electrons. The van der Waals surface area contributed by atoms with Crippen LogP contribution in [0.1, 0.15) is 35.6 Å². The predicted octanol–water partition coefficient (Wildman–Crippen LogP) is 3.04. The summed E-state index contributed by atoms with van der Waals surface area (Å²) in [6.45, 7) is 3.73. The lowest BCUT2D eigenvalue weighted by molar-refractivity contribution is 0.102. The molecule has 138 valence electrons. The Morgan fingerprint density at radius 2 is 1.85 bits per heavy atom. The van der Waals surface area contributed by atoms with Crippen LogP contribution in [0.4, 0.5) is 11.5 Å². The Balaban J connectivity index is 1.82. The molecule has 2 aromatic rings. The average Bonchev–Trinajstić information content (AvgIpc) is 2.68. The van der Waals surface area contributed by atoms with Gasteiger partial charge in [0.1, 0.15) is 28.8 Å². The van der Waals surface area contributed by atoms with Crippen molar-refractivity contribution < 1.29 is 14.3 Å². The molecule has 7 nitrogen and oxygen atoms in total. The highest BCUT2D eigenvalue weighted by Crippen LogP contribution is 2.29. The van der Waals surface area contributed by atoms with E-state index in [9.17, 15) is 4.79 Å². The van der Waals surface area contributed by atoms with Crippen molar-refractivity contribution >= 4 is 17.4 Å². The smallest absolute Gasteiger partial charge is 0.274 e. The highest BCUT2D eigenvalue weighted by molar-refractivity contribution is 6.04. The predicted molar refractivity (Wildman–Crippen MR) is 100 cm³/mol. The first-order chi connectivity index (χ1) is 12.6. The molecule has 26 heavy (non-hydrogen) atoms. The number of nitrogens with zero attached hydrogens (tertiary/aromatic N) is 3. The van der Waals surface area contributed by atoms with E-state index >= 15 is 0 Å². The molecule has 1 aromatic carbocycles. The van der Waals surface area contributed by atoms with E-state index in [0.717, 1.165) is 31.7 Å². The van der Waals surface area contributed by atoms with Crippen molar-refractivity contribution in [2.24, 2.45) is 0 Å². The third-order valence-electron chi connectivity index (χ3n) is 4.39. The molecule has 0 atom stereocenters. The van der Waals surface area contributed by atoms with Crippen molar-refractivity contribution in [3.05, 3.63) is 35.8 Å². The maximum absolute atomic E-state index is 12.7. The quantitative estimate of drug-likeness (QED) is 0.887. The molecule has 1 aromatic heterocycles. The van der Waals surface area contributed by atoms with Gasteiger partial charge in [0.25, 0.3) is 5.91 Å². The van der Waals surface area contributed by atoms with E-state index in [1.165, 1.54) is 6.42 Å². The van der Waals surface area contributed by atoms with Crippen LogP contribution in [0.15, 0.2) is 24.3 Å². The molecule has 0 saturated carbocycles. The van der Waals surface area contributed by atoms with Gasteiger partial charge in [-0.15, -0.1) is 0 Å². The number of benzene rings is 1. The van der Waals surface area contributed by atoms with Crippen LogP contribution >= 0.6 is 0 Å². The summed E-state index contributed by atoms with van der Waals surface area (Å²) < 4.78 is 10.5. The van der Waals surface area contributed by atoms with Gasteiger partial charge in [0.2, 0.25) is 0 Å². The minimum atomic E-state index is -0.294. The van der Waals surface area contributed by atoms with Crippen LogP contribution in [0.2, 0.25) is 0 Å². The lowest BCUT2D eigenvalue weighted by Gasteiger charge is -2.28. The number of piperidine rings is 1. The number of anilines is 2. The SMILES string of the molecule is COc1ccc(NC(=O)c2cc(N3CCCCC3)nc(C)n2)c(OC)c1. The zero-order chi connectivity index (χ0) is 18.5. The topological polar surface area (TPSA) is 76.6 Å². The van der Waals surface area contributed by atoms with Gasteiger partial charge in [0.05, 0.1) is 19.9 Å². The van der Waals surface area contributed by atoms with Crippen molar-refractivity contribution in [1.82, 2.24) is 9.97 Å². The number of ether oxygens (including phenoxy) is 2. The first-order valence-corrected chi connectivity index (χ1v) is 8.74. The van der Waals surface area contributed by atoms with Gasteiger partial charge in [0.15, 0.2) is 0 Å². The minimum absolute atomic E-state index is 0.294. The maximum Gasteiger partial charge on any atom is 0.274 e. The number of aryl methyl sites for hydroxylation is 1. The van der Waals surface area contributed by atoms with Gasteiger partial charge in [-0.05, 0) is 38.3 Å². The molecule has 3 rings (SSSR count). The fourth-order valence-electron chi connectivity index (χ4n) is 3.04. The molecule has 1 amide bonds. The van der Waals surface area contributed by atoms with Crippen molar-refractivity contribution in [1.29, 1.82) is 0 Å². The zero-order valence-corrected chi connectivity index (χ0v) is 15.4. The number of amides is 1. The van der Waals surface area contributed by atoms with Gasteiger partial charge in [-0.2, -0.15) is 0 Å². The summed E-state index contributed by atoms with van der Waals surface area (Å²) in [6, 6.07) is 6.99. The molecule has 1 N–H and O–H groups in total. The molecule has 0 spiro atoms. The Kier molecular flexibility index (Phi) is 5.55. The van der Waals surface area contributed by atoms with Crippen molar-refractivity contribution in [3.8, 4) is 11.5 Å². The summed E-state index contributed by atoms with van der Waals surface area (Å²) in [5, 5.41) is 2.86.